The zero-order valence-electron chi connectivity index (χ0n) is 16.9. The number of aryl methyl sites for hydroxylation is 4. The first kappa shape index (κ1) is 17.8. The van der Waals surface area contributed by atoms with Crippen molar-refractivity contribution in [2.24, 2.45) is 11.3 Å². The lowest BCUT2D eigenvalue weighted by atomic mass is 9.72. The highest BCUT2D eigenvalue weighted by Gasteiger charge is 2.31. The highest BCUT2D eigenvalue weighted by molar-refractivity contribution is 7.19. The van der Waals surface area contributed by atoms with Crippen molar-refractivity contribution in [3.63, 3.8) is 0 Å². The molecule has 0 fully saturated rings. The van der Waals surface area contributed by atoms with Crippen LogP contribution in [0.4, 0.5) is 0 Å². The lowest BCUT2D eigenvalue weighted by molar-refractivity contribution is 0.218. The Hall–Kier alpha value is -2.28. The number of hydrogen-bond donors (Lipinski definition) is 0. The topological polar surface area (TPSA) is 60.9 Å². The first-order valence-electron chi connectivity index (χ1n) is 10.0. The van der Waals surface area contributed by atoms with Gasteiger partial charge in [-0.05, 0) is 49.1 Å². The van der Waals surface area contributed by atoms with Crippen LogP contribution < -0.4 is 0 Å². The molecule has 4 heterocycles. The van der Waals surface area contributed by atoms with Crippen LogP contribution in [0.2, 0.25) is 0 Å². The van der Waals surface area contributed by atoms with Crippen molar-refractivity contribution in [3.05, 3.63) is 40.5 Å². The summed E-state index contributed by atoms with van der Waals surface area (Å²) >= 11 is 1.85. The summed E-state index contributed by atoms with van der Waals surface area (Å²) in [5, 5.41) is 10.3. The summed E-state index contributed by atoms with van der Waals surface area (Å²) in [5.41, 5.74) is 3.81. The summed E-state index contributed by atoms with van der Waals surface area (Å²) in [7, 11) is 0. The minimum Gasteiger partial charge on any atom is -0.272 e. The molecule has 0 bridgehead atoms. The van der Waals surface area contributed by atoms with Crippen LogP contribution in [0.1, 0.15) is 49.2 Å². The number of fused-ring (bicyclic) bond motifs is 5. The maximum Gasteiger partial charge on any atom is 0.167 e. The highest BCUT2D eigenvalue weighted by atomic mass is 32.1. The summed E-state index contributed by atoms with van der Waals surface area (Å²) < 4.78 is 3.81. The van der Waals surface area contributed by atoms with Crippen molar-refractivity contribution in [2.45, 2.75) is 59.9 Å². The number of aromatic nitrogens is 6. The van der Waals surface area contributed by atoms with Gasteiger partial charge in [0.25, 0.3) is 0 Å². The fraction of sp³-hybridized carbons (Fsp3) is 0.524. The van der Waals surface area contributed by atoms with Crippen LogP contribution in [0.3, 0.4) is 0 Å². The fourth-order valence-electron chi connectivity index (χ4n) is 4.27. The van der Waals surface area contributed by atoms with Gasteiger partial charge < -0.3 is 0 Å². The Morgan fingerprint density at radius 3 is 2.86 bits per heavy atom. The molecule has 0 spiro atoms. The van der Waals surface area contributed by atoms with Crippen LogP contribution in [0.25, 0.3) is 15.9 Å². The van der Waals surface area contributed by atoms with E-state index in [-0.39, 0.29) is 0 Å². The van der Waals surface area contributed by atoms with E-state index in [1.165, 1.54) is 22.2 Å². The van der Waals surface area contributed by atoms with Gasteiger partial charge in [-0.25, -0.2) is 14.5 Å². The van der Waals surface area contributed by atoms with Crippen LogP contribution in [-0.2, 0) is 25.8 Å². The maximum atomic E-state index is 4.89. The van der Waals surface area contributed by atoms with Crippen LogP contribution in [0.15, 0.2) is 18.6 Å². The molecule has 28 heavy (non-hydrogen) atoms. The normalized spacial score (nSPS) is 17.5. The summed E-state index contributed by atoms with van der Waals surface area (Å²) in [5.74, 6) is 1.58. The lowest BCUT2D eigenvalue weighted by Gasteiger charge is -2.33. The predicted octanol–water partition coefficient (Wildman–Crippen LogP) is 4.24. The zero-order valence-corrected chi connectivity index (χ0v) is 17.8. The summed E-state index contributed by atoms with van der Waals surface area (Å²) in [6, 6.07) is 2.02. The molecule has 4 aromatic heterocycles. The van der Waals surface area contributed by atoms with E-state index in [0.29, 0.717) is 5.41 Å². The Balaban J connectivity index is 1.49. The van der Waals surface area contributed by atoms with E-state index >= 15 is 0 Å². The van der Waals surface area contributed by atoms with Crippen molar-refractivity contribution in [1.29, 1.82) is 0 Å². The molecule has 0 aliphatic heterocycles. The Bertz CT molecular complexity index is 1160. The molecule has 0 saturated heterocycles. The van der Waals surface area contributed by atoms with Gasteiger partial charge >= 0.3 is 0 Å². The summed E-state index contributed by atoms with van der Waals surface area (Å²) in [4.78, 5) is 12.2. The standard InChI is InChI=1S/C21H26N6S/c1-13-7-9-26(24-13)10-8-17-23-19-18-15-6-5-14(21(2,3)4)11-16(15)28-20(18)22-12-27(19)25-17/h7,9,12,14H,5-6,8,10-11H2,1-4H3. The summed E-state index contributed by atoms with van der Waals surface area (Å²) in [6.07, 6.45) is 8.10. The van der Waals surface area contributed by atoms with Gasteiger partial charge in [0, 0.05) is 24.0 Å². The van der Waals surface area contributed by atoms with Gasteiger partial charge in [0.05, 0.1) is 11.1 Å². The average Bonchev–Trinajstić information content (AvgIpc) is 3.33. The van der Waals surface area contributed by atoms with Crippen molar-refractivity contribution in [1.82, 2.24) is 29.4 Å². The smallest absolute Gasteiger partial charge is 0.167 e. The van der Waals surface area contributed by atoms with Crippen molar-refractivity contribution in [2.75, 3.05) is 0 Å². The Kier molecular flexibility index (Phi) is 4.05. The quantitative estimate of drug-likeness (QED) is 0.521. The van der Waals surface area contributed by atoms with Crippen molar-refractivity contribution in [3.8, 4) is 0 Å². The fourth-order valence-corrected chi connectivity index (χ4v) is 5.53. The molecule has 0 N–H and O–H groups in total. The molecule has 1 aliphatic carbocycles. The number of nitrogens with zero attached hydrogens (tertiary/aromatic N) is 6. The van der Waals surface area contributed by atoms with E-state index in [4.69, 9.17) is 9.97 Å². The second-order valence-corrected chi connectivity index (χ2v) is 10.1. The molecule has 0 radical (unpaired) electrons. The molecule has 0 aromatic carbocycles. The Morgan fingerprint density at radius 2 is 2.11 bits per heavy atom. The first-order valence-corrected chi connectivity index (χ1v) is 10.8. The van der Waals surface area contributed by atoms with E-state index in [9.17, 15) is 0 Å². The van der Waals surface area contributed by atoms with Crippen LogP contribution in [0.5, 0.6) is 0 Å². The third kappa shape index (κ3) is 3.02. The van der Waals surface area contributed by atoms with E-state index < -0.39 is 0 Å². The predicted molar refractivity (Wildman–Crippen MR) is 112 cm³/mol. The maximum absolute atomic E-state index is 4.89. The van der Waals surface area contributed by atoms with E-state index in [1.54, 1.807) is 0 Å². The molecule has 1 unspecified atom stereocenters. The van der Waals surface area contributed by atoms with Gasteiger partial charge in [0.15, 0.2) is 11.5 Å². The van der Waals surface area contributed by atoms with E-state index in [2.05, 4.69) is 31.0 Å². The third-order valence-electron chi connectivity index (χ3n) is 5.99. The zero-order chi connectivity index (χ0) is 19.5. The van der Waals surface area contributed by atoms with Gasteiger partial charge in [0.2, 0.25) is 0 Å². The Labute approximate surface area is 168 Å². The third-order valence-corrected chi connectivity index (χ3v) is 7.16. The van der Waals surface area contributed by atoms with E-state index in [0.717, 1.165) is 53.7 Å². The SMILES string of the molecule is Cc1ccn(CCc2nc3c4c5c(sc4ncn3n2)CC(C(C)(C)C)CC5)n1. The van der Waals surface area contributed by atoms with Crippen LogP contribution >= 0.6 is 11.3 Å². The number of hydrogen-bond acceptors (Lipinski definition) is 5. The highest BCUT2D eigenvalue weighted by Crippen LogP contribution is 2.43. The monoisotopic (exact) mass is 394 g/mol. The lowest BCUT2D eigenvalue weighted by Crippen LogP contribution is -2.26. The molecule has 0 saturated carbocycles. The second-order valence-electron chi connectivity index (χ2n) is 9.00. The minimum absolute atomic E-state index is 0.351. The number of rotatable bonds is 3. The molecule has 1 atom stereocenters. The van der Waals surface area contributed by atoms with Crippen LogP contribution in [0, 0.1) is 18.3 Å². The number of thiophene rings is 1. The van der Waals surface area contributed by atoms with Crippen LogP contribution in [-0.4, -0.2) is 29.4 Å². The van der Waals surface area contributed by atoms with Crippen molar-refractivity contribution >= 4 is 27.2 Å². The second kappa shape index (κ2) is 6.37. The molecule has 6 nitrogen and oxygen atoms in total. The molecular weight excluding hydrogens is 368 g/mol. The van der Waals surface area contributed by atoms with Gasteiger partial charge in [-0.3, -0.25) is 4.68 Å². The molecular formula is C21H26N6S. The molecule has 5 rings (SSSR count). The average molecular weight is 395 g/mol. The van der Waals surface area contributed by atoms with Crippen molar-refractivity contribution < 1.29 is 0 Å². The molecule has 4 aromatic rings. The molecule has 0 amide bonds. The molecule has 1 aliphatic rings. The van der Waals surface area contributed by atoms with Gasteiger partial charge in [0.1, 0.15) is 11.2 Å². The Morgan fingerprint density at radius 1 is 1.25 bits per heavy atom. The first-order chi connectivity index (χ1) is 13.4. The van der Waals surface area contributed by atoms with Gasteiger partial charge in [-0.2, -0.15) is 5.10 Å². The molecule has 7 heteroatoms. The largest absolute Gasteiger partial charge is 0.272 e. The summed E-state index contributed by atoms with van der Waals surface area (Å²) in [6.45, 7) is 9.87. The van der Waals surface area contributed by atoms with Gasteiger partial charge in [-0.1, -0.05) is 20.8 Å². The molecule has 146 valence electrons. The van der Waals surface area contributed by atoms with E-state index in [1.807, 2.05) is 46.0 Å². The van der Waals surface area contributed by atoms with Gasteiger partial charge in [-0.15, -0.1) is 16.4 Å². The minimum atomic E-state index is 0.351.